The van der Waals surface area contributed by atoms with Gasteiger partial charge in [0.1, 0.15) is 11.6 Å². The van der Waals surface area contributed by atoms with Gasteiger partial charge >= 0.3 is 5.97 Å². The molecule has 1 aromatic rings. The average molecular weight is 333 g/mol. The molecule has 6 nitrogen and oxygen atoms in total. The van der Waals surface area contributed by atoms with Crippen molar-refractivity contribution >= 4 is 11.8 Å². The molecule has 0 spiro atoms. The minimum Gasteiger partial charge on any atom is -0.465 e. The van der Waals surface area contributed by atoms with Crippen LogP contribution in [-0.2, 0) is 9.53 Å². The number of hydrogen-bond donors (Lipinski definition) is 1. The highest BCUT2D eigenvalue weighted by atomic mass is 16.6. The Morgan fingerprint density at radius 1 is 1.25 bits per heavy atom. The molecule has 2 fully saturated rings. The van der Waals surface area contributed by atoms with Gasteiger partial charge in [-0.05, 0) is 44.9 Å². The van der Waals surface area contributed by atoms with Crippen molar-refractivity contribution in [3.05, 3.63) is 11.4 Å². The molecule has 0 amide bonds. The highest BCUT2D eigenvalue weighted by Gasteiger charge is 2.29. The van der Waals surface area contributed by atoms with E-state index in [0.29, 0.717) is 18.4 Å². The van der Waals surface area contributed by atoms with Crippen molar-refractivity contribution in [1.29, 1.82) is 0 Å². The van der Waals surface area contributed by atoms with Gasteiger partial charge in [0.2, 0.25) is 5.88 Å². The molecule has 2 saturated carbocycles. The number of anilines is 1. The summed E-state index contributed by atoms with van der Waals surface area (Å²) in [4.78, 5) is 20.9. The van der Waals surface area contributed by atoms with Crippen LogP contribution in [0.25, 0.3) is 0 Å². The Morgan fingerprint density at radius 2 is 2.04 bits per heavy atom. The van der Waals surface area contributed by atoms with Gasteiger partial charge in [0.25, 0.3) is 0 Å². The topological polar surface area (TPSA) is 73.3 Å². The summed E-state index contributed by atoms with van der Waals surface area (Å²) in [7, 11) is 0. The molecule has 0 bridgehead atoms. The van der Waals surface area contributed by atoms with Crippen LogP contribution in [0.3, 0.4) is 0 Å². The fourth-order valence-corrected chi connectivity index (χ4v) is 2.41. The van der Waals surface area contributed by atoms with Crippen LogP contribution in [0.5, 0.6) is 5.88 Å². The fourth-order valence-electron chi connectivity index (χ4n) is 2.41. The maximum absolute atomic E-state index is 11.7. The Labute approximate surface area is 143 Å². The summed E-state index contributed by atoms with van der Waals surface area (Å²) >= 11 is 0. The summed E-state index contributed by atoms with van der Waals surface area (Å²) in [6.07, 6.45) is 6.71. The Hall–Kier alpha value is -1.85. The van der Waals surface area contributed by atoms with Gasteiger partial charge in [0, 0.05) is 12.5 Å². The maximum Gasteiger partial charge on any atom is 0.344 e. The number of ether oxygens (including phenoxy) is 2. The van der Waals surface area contributed by atoms with E-state index in [1.165, 1.54) is 12.8 Å². The first-order chi connectivity index (χ1) is 11.7. The monoisotopic (exact) mass is 333 g/mol. The molecule has 0 saturated heterocycles. The maximum atomic E-state index is 11.7. The summed E-state index contributed by atoms with van der Waals surface area (Å²) in [5.41, 5.74) is 0.862. The molecule has 132 valence electrons. The fraction of sp³-hybridized carbons (Fsp3) is 0.722. The van der Waals surface area contributed by atoms with E-state index in [1.807, 2.05) is 6.92 Å². The quantitative estimate of drug-likeness (QED) is 0.523. The van der Waals surface area contributed by atoms with E-state index in [-0.39, 0.29) is 12.6 Å². The minimum atomic E-state index is -0.345. The second kappa shape index (κ2) is 7.81. The zero-order valence-electron chi connectivity index (χ0n) is 14.6. The summed E-state index contributed by atoms with van der Waals surface area (Å²) in [6.45, 7) is 5.28. The zero-order chi connectivity index (χ0) is 16.9. The second-order valence-electron chi connectivity index (χ2n) is 6.82. The number of rotatable bonds is 10. The van der Waals surface area contributed by atoms with Gasteiger partial charge in [-0.25, -0.2) is 9.78 Å². The molecular formula is C18H27N3O3. The number of carbonyl (C=O) groups is 1. The third-order valence-corrected chi connectivity index (χ3v) is 4.40. The Kier molecular flexibility index (Phi) is 5.53. The van der Waals surface area contributed by atoms with Gasteiger partial charge in [-0.3, -0.25) is 0 Å². The van der Waals surface area contributed by atoms with Crippen LogP contribution in [0.15, 0.2) is 0 Å². The van der Waals surface area contributed by atoms with Crippen LogP contribution in [0.4, 0.5) is 5.82 Å². The van der Waals surface area contributed by atoms with Crippen molar-refractivity contribution < 1.29 is 14.3 Å². The van der Waals surface area contributed by atoms with Crippen LogP contribution >= 0.6 is 0 Å². The SMILES string of the molecule is CCCCOC(=O)COc1nc(C2CC2)nc(NCC2CC2)c1C. The van der Waals surface area contributed by atoms with Gasteiger partial charge in [0.05, 0.1) is 12.2 Å². The third kappa shape index (κ3) is 4.82. The van der Waals surface area contributed by atoms with E-state index in [4.69, 9.17) is 9.47 Å². The number of hydrogen-bond acceptors (Lipinski definition) is 6. The lowest BCUT2D eigenvalue weighted by Crippen LogP contribution is -2.18. The van der Waals surface area contributed by atoms with Crippen LogP contribution < -0.4 is 10.1 Å². The number of nitrogens with zero attached hydrogens (tertiary/aromatic N) is 2. The number of carbonyl (C=O) groups excluding carboxylic acids is 1. The van der Waals surface area contributed by atoms with Crippen molar-refractivity contribution in [3.63, 3.8) is 0 Å². The zero-order valence-corrected chi connectivity index (χ0v) is 14.6. The molecule has 0 aromatic carbocycles. The normalized spacial score (nSPS) is 16.8. The van der Waals surface area contributed by atoms with E-state index >= 15 is 0 Å². The van der Waals surface area contributed by atoms with Crippen LogP contribution in [0.2, 0.25) is 0 Å². The standard InChI is InChI=1S/C18H27N3O3/c1-3-4-9-23-15(22)11-24-18-12(2)16(19-10-13-5-6-13)20-17(21-18)14-7-8-14/h13-14H,3-11H2,1-2H3,(H,19,20,21). The number of aromatic nitrogens is 2. The summed E-state index contributed by atoms with van der Waals surface area (Å²) in [6, 6.07) is 0. The lowest BCUT2D eigenvalue weighted by molar-refractivity contribution is -0.146. The highest BCUT2D eigenvalue weighted by Crippen LogP contribution is 2.40. The van der Waals surface area contributed by atoms with Gasteiger partial charge in [0.15, 0.2) is 6.61 Å². The molecule has 2 aliphatic rings. The molecule has 0 atom stereocenters. The van der Waals surface area contributed by atoms with Crippen LogP contribution in [0.1, 0.15) is 62.8 Å². The number of esters is 1. The first-order valence-corrected chi connectivity index (χ1v) is 9.08. The molecule has 6 heteroatoms. The smallest absolute Gasteiger partial charge is 0.344 e. The molecule has 0 aliphatic heterocycles. The van der Waals surface area contributed by atoms with E-state index in [0.717, 1.165) is 55.4 Å². The average Bonchev–Trinajstić information content (AvgIpc) is 3.46. The Balaban J connectivity index is 1.62. The first-order valence-electron chi connectivity index (χ1n) is 9.08. The predicted molar refractivity (Wildman–Crippen MR) is 91.3 cm³/mol. The predicted octanol–water partition coefficient (Wildman–Crippen LogP) is 3.21. The van der Waals surface area contributed by atoms with Crippen molar-refractivity contribution in [2.24, 2.45) is 5.92 Å². The van der Waals surface area contributed by atoms with Crippen molar-refractivity contribution in [3.8, 4) is 5.88 Å². The molecule has 1 N–H and O–H groups in total. The van der Waals surface area contributed by atoms with Gasteiger partial charge < -0.3 is 14.8 Å². The molecule has 2 aliphatic carbocycles. The third-order valence-electron chi connectivity index (χ3n) is 4.40. The Morgan fingerprint density at radius 3 is 2.71 bits per heavy atom. The largest absolute Gasteiger partial charge is 0.465 e. The van der Waals surface area contributed by atoms with Crippen LogP contribution in [0, 0.1) is 12.8 Å². The van der Waals surface area contributed by atoms with E-state index in [2.05, 4.69) is 22.2 Å². The molecule has 0 radical (unpaired) electrons. The highest BCUT2D eigenvalue weighted by molar-refractivity contribution is 5.71. The Bertz CT molecular complexity index is 583. The van der Waals surface area contributed by atoms with Crippen LogP contribution in [-0.4, -0.2) is 35.7 Å². The van der Waals surface area contributed by atoms with E-state index in [9.17, 15) is 4.79 Å². The molecule has 3 rings (SSSR count). The number of unbranched alkanes of at least 4 members (excludes halogenated alkanes) is 1. The lowest BCUT2D eigenvalue weighted by Gasteiger charge is -2.14. The minimum absolute atomic E-state index is 0.103. The van der Waals surface area contributed by atoms with Crippen molar-refractivity contribution in [2.45, 2.75) is 58.3 Å². The summed E-state index contributed by atoms with van der Waals surface area (Å²) in [5, 5.41) is 3.42. The number of nitrogens with one attached hydrogen (secondary N) is 1. The van der Waals surface area contributed by atoms with Crippen molar-refractivity contribution in [1.82, 2.24) is 9.97 Å². The molecule has 24 heavy (non-hydrogen) atoms. The van der Waals surface area contributed by atoms with E-state index in [1.54, 1.807) is 0 Å². The van der Waals surface area contributed by atoms with Gasteiger partial charge in [-0.2, -0.15) is 4.98 Å². The lowest BCUT2D eigenvalue weighted by atomic mass is 10.3. The second-order valence-corrected chi connectivity index (χ2v) is 6.82. The summed E-state index contributed by atoms with van der Waals surface area (Å²) in [5.74, 6) is 3.02. The first kappa shape index (κ1) is 17.0. The van der Waals surface area contributed by atoms with E-state index < -0.39 is 0 Å². The molecular weight excluding hydrogens is 306 g/mol. The summed E-state index contributed by atoms with van der Waals surface area (Å²) < 4.78 is 10.8. The molecule has 1 heterocycles. The van der Waals surface area contributed by atoms with Gasteiger partial charge in [-0.1, -0.05) is 13.3 Å². The molecule has 1 aromatic heterocycles. The van der Waals surface area contributed by atoms with Gasteiger partial charge in [-0.15, -0.1) is 0 Å². The molecule has 0 unspecified atom stereocenters. The van der Waals surface area contributed by atoms with Crippen molar-refractivity contribution in [2.75, 3.05) is 25.1 Å².